The van der Waals surface area contributed by atoms with Crippen LogP contribution in [0.5, 0.6) is 0 Å². The average Bonchev–Trinajstić information content (AvgIpc) is 2.39. The molecule has 3 rings (SSSR count). The van der Waals surface area contributed by atoms with Crippen molar-refractivity contribution in [2.75, 3.05) is 32.7 Å². The lowest BCUT2D eigenvalue weighted by atomic mass is 10.00. The Balaban J connectivity index is 1.64. The Morgan fingerprint density at radius 3 is 3.00 bits per heavy atom. The van der Waals surface area contributed by atoms with Gasteiger partial charge >= 0.3 is 0 Å². The van der Waals surface area contributed by atoms with Crippen LogP contribution in [0.2, 0.25) is 0 Å². The quantitative estimate of drug-likeness (QED) is 0.631. The summed E-state index contributed by atoms with van der Waals surface area (Å²) in [7, 11) is 0. The van der Waals surface area contributed by atoms with Crippen LogP contribution in [0.15, 0.2) is 9.98 Å². The minimum atomic E-state index is 0.509. The summed E-state index contributed by atoms with van der Waals surface area (Å²) in [4.78, 5) is 14.1. The Bertz CT molecular complexity index is 336. The molecule has 3 aliphatic heterocycles. The van der Waals surface area contributed by atoms with Gasteiger partial charge in [0.15, 0.2) is 0 Å². The molecule has 0 spiro atoms. The van der Waals surface area contributed by atoms with Crippen molar-refractivity contribution < 1.29 is 0 Å². The summed E-state index contributed by atoms with van der Waals surface area (Å²) < 4.78 is 0. The number of fused-ring (bicyclic) bond motifs is 1. The highest BCUT2D eigenvalue weighted by atomic mass is 15.3. The Morgan fingerprint density at radius 2 is 2.18 bits per heavy atom. The fraction of sp³-hybridized carbons (Fsp3) is 0.846. The summed E-state index contributed by atoms with van der Waals surface area (Å²) in [5.41, 5.74) is 0. The normalized spacial score (nSPS) is 34.4. The molecule has 4 heteroatoms. The second-order valence-corrected chi connectivity index (χ2v) is 5.53. The molecule has 0 aliphatic carbocycles. The molecule has 0 amide bonds. The molecule has 1 unspecified atom stereocenters. The average molecular weight is 234 g/mol. The first-order chi connectivity index (χ1) is 8.33. The standard InChI is InChI=1S/C13H22N4/c1-11-8-14-13(15-9-11)17-7-6-16-5-3-2-4-12(16)10-17/h8,11-12H,2-7,9-10H2,1H3/t11-,12?/m1/s1. The highest BCUT2D eigenvalue weighted by Gasteiger charge is 2.30. The fourth-order valence-corrected chi connectivity index (χ4v) is 3.03. The zero-order chi connectivity index (χ0) is 11.7. The second kappa shape index (κ2) is 4.77. The highest BCUT2D eigenvalue weighted by Crippen LogP contribution is 2.21. The third kappa shape index (κ3) is 2.37. The van der Waals surface area contributed by atoms with Gasteiger partial charge in [-0.1, -0.05) is 13.3 Å². The number of aliphatic imine (C=N–C) groups is 2. The topological polar surface area (TPSA) is 31.2 Å². The summed E-state index contributed by atoms with van der Waals surface area (Å²) >= 11 is 0. The van der Waals surface area contributed by atoms with Crippen LogP contribution in [0.3, 0.4) is 0 Å². The molecular weight excluding hydrogens is 212 g/mol. The molecular formula is C13H22N4. The van der Waals surface area contributed by atoms with Crippen molar-refractivity contribution in [1.82, 2.24) is 9.80 Å². The third-order valence-corrected chi connectivity index (χ3v) is 4.09. The van der Waals surface area contributed by atoms with Crippen molar-refractivity contribution in [3.8, 4) is 0 Å². The lowest BCUT2D eigenvalue weighted by Crippen LogP contribution is -2.56. The van der Waals surface area contributed by atoms with E-state index in [1.807, 2.05) is 0 Å². The van der Waals surface area contributed by atoms with Crippen LogP contribution in [0.4, 0.5) is 0 Å². The van der Waals surface area contributed by atoms with E-state index in [1.54, 1.807) is 0 Å². The van der Waals surface area contributed by atoms with E-state index in [9.17, 15) is 0 Å². The van der Waals surface area contributed by atoms with Gasteiger partial charge in [-0.25, -0.2) is 4.99 Å². The molecule has 2 atom stereocenters. The molecule has 2 fully saturated rings. The summed E-state index contributed by atoms with van der Waals surface area (Å²) in [5, 5.41) is 0. The second-order valence-electron chi connectivity index (χ2n) is 5.53. The number of rotatable bonds is 0. The zero-order valence-corrected chi connectivity index (χ0v) is 10.7. The predicted octanol–water partition coefficient (Wildman–Crippen LogP) is 1.23. The van der Waals surface area contributed by atoms with Gasteiger partial charge in [0.1, 0.15) is 0 Å². The van der Waals surface area contributed by atoms with E-state index in [2.05, 4.69) is 32.9 Å². The first-order valence-corrected chi connectivity index (χ1v) is 6.90. The smallest absolute Gasteiger partial charge is 0.220 e. The summed E-state index contributed by atoms with van der Waals surface area (Å²) in [5.74, 6) is 1.49. The van der Waals surface area contributed by atoms with Gasteiger partial charge in [-0.2, -0.15) is 0 Å². The largest absolute Gasteiger partial charge is 0.338 e. The minimum Gasteiger partial charge on any atom is -0.338 e. The van der Waals surface area contributed by atoms with E-state index in [0.717, 1.165) is 31.6 Å². The SMILES string of the molecule is C[C@@H]1C=NC(N2CCN3CCCCC3C2)=NC1. The lowest BCUT2D eigenvalue weighted by Gasteiger charge is -2.44. The maximum atomic E-state index is 4.60. The van der Waals surface area contributed by atoms with Crippen molar-refractivity contribution in [1.29, 1.82) is 0 Å². The lowest BCUT2D eigenvalue weighted by molar-refractivity contribution is 0.0795. The van der Waals surface area contributed by atoms with Crippen LogP contribution in [-0.4, -0.2) is 60.7 Å². The molecule has 3 aliphatic rings. The zero-order valence-electron chi connectivity index (χ0n) is 10.7. The fourth-order valence-electron chi connectivity index (χ4n) is 3.03. The van der Waals surface area contributed by atoms with E-state index in [1.165, 1.54) is 32.4 Å². The van der Waals surface area contributed by atoms with Gasteiger partial charge in [0.05, 0.1) is 6.54 Å². The van der Waals surface area contributed by atoms with Crippen LogP contribution < -0.4 is 0 Å². The molecule has 2 saturated heterocycles. The van der Waals surface area contributed by atoms with Crippen LogP contribution in [0, 0.1) is 5.92 Å². The van der Waals surface area contributed by atoms with E-state index in [0.29, 0.717) is 5.92 Å². The minimum absolute atomic E-state index is 0.509. The Kier molecular flexibility index (Phi) is 3.14. The number of hydrogen-bond acceptors (Lipinski definition) is 4. The molecule has 0 aromatic heterocycles. The van der Waals surface area contributed by atoms with Crippen molar-refractivity contribution in [3.05, 3.63) is 0 Å². The Labute approximate surface area is 103 Å². The van der Waals surface area contributed by atoms with Crippen LogP contribution in [0.25, 0.3) is 0 Å². The van der Waals surface area contributed by atoms with E-state index in [4.69, 9.17) is 0 Å². The van der Waals surface area contributed by atoms with Crippen molar-refractivity contribution in [2.24, 2.45) is 15.9 Å². The Morgan fingerprint density at radius 1 is 1.24 bits per heavy atom. The predicted molar refractivity (Wildman–Crippen MR) is 70.7 cm³/mol. The van der Waals surface area contributed by atoms with Gasteiger partial charge < -0.3 is 4.90 Å². The molecule has 94 valence electrons. The molecule has 0 N–H and O–H groups in total. The molecule has 0 aromatic carbocycles. The monoisotopic (exact) mass is 234 g/mol. The molecule has 0 saturated carbocycles. The number of piperidine rings is 1. The first-order valence-electron chi connectivity index (χ1n) is 6.90. The molecule has 0 bridgehead atoms. The van der Waals surface area contributed by atoms with Gasteiger partial charge in [-0.3, -0.25) is 9.89 Å². The van der Waals surface area contributed by atoms with Crippen LogP contribution in [-0.2, 0) is 0 Å². The van der Waals surface area contributed by atoms with Crippen molar-refractivity contribution in [2.45, 2.75) is 32.2 Å². The number of hydrogen-bond donors (Lipinski definition) is 0. The van der Waals surface area contributed by atoms with Crippen molar-refractivity contribution in [3.63, 3.8) is 0 Å². The molecule has 0 aromatic rings. The van der Waals surface area contributed by atoms with Gasteiger partial charge in [0.25, 0.3) is 0 Å². The molecule has 17 heavy (non-hydrogen) atoms. The number of nitrogens with zero attached hydrogens (tertiary/aromatic N) is 4. The van der Waals surface area contributed by atoms with Crippen molar-refractivity contribution >= 4 is 12.2 Å². The number of piperazine rings is 1. The van der Waals surface area contributed by atoms with Gasteiger partial charge in [0, 0.05) is 37.8 Å². The summed E-state index contributed by atoms with van der Waals surface area (Å²) in [6, 6.07) is 0.745. The first kappa shape index (κ1) is 11.2. The maximum absolute atomic E-state index is 4.60. The third-order valence-electron chi connectivity index (χ3n) is 4.09. The van der Waals surface area contributed by atoms with E-state index < -0.39 is 0 Å². The molecule has 3 heterocycles. The van der Waals surface area contributed by atoms with E-state index in [-0.39, 0.29) is 0 Å². The highest BCUT2D eigenvalue weighted by molar-refractivity contribution is 5.90. The summed E-state index contributed by atoms with van der Waals surface area (Å²) in [6.07, 6.45) is 6.17. The maximum Gasteiger partial charge on any atom is 0.220 e. The van der Waals surface area contributed by atoms with Crippen LogP contribution in [0.1, 0.15) is 26.2 Å². The molecule has 4 nitrogen and oxygen atoms in total. The Hall–Kier alpha value is -0.900. The summed E-state index contributed by atoms with van der Waals surface area (Å²) in [6.45, 7) is 7.79. The van der Waals surface area contributed by atoms with Gasteiger partial charge in [0.2, 0.25) is 5.96 Å². The number of guanidine groups is 1. The van der Waals surface area contributed by atoms with Gasteiger partial charge in [-0.15, -0.1) is 0 Å². The molecule has 0 radical (unpaired) electrons. The van der Waals surface area contributed by atoms with E-state index >= 15 is 0 Å². The van der Waals surface area contributed by atoms with Gasteiger partial charge in [-0.05, 0) is 19.4 Å². The van der Waals surface area contributed by atoms with Crippen LogP contribution >= 0.6 is 0 Å².